The molecule has 1 aliphatic rings. The molecule has 0 aromatic carbocycles. The lowest BCUT2D eigenvalue weighted by Crippen LogP contribution is -2.49. The van der Waals surface area contributed by atoms with Crippen LogP contribution in [0.4, 0.5) is 0 Å². The molecule has 15 heavy (non-hydrogen) atoms. The Bertz CT molecular complexity index is 158. The second-order valence-corrected chi connectivity index (χ2v) is 4.59. The zero-order valence-corrected chi connectivity index (χ0v) is 10.5. The summed E-state index contributed by atoms with van der Waals surface area (Å²) in [5.41, 5.74) is 0. The summed E-state index contributed by atoms with van der Waals surface area (Å²) in [7, 11) is 0. The van der Waals surface area contributed by atoms with Gasteiger partial charge in [-0.15, -0.1) is 0 Å². The SMILES string of the molecule is CCC(C)CN(CC)CC1COCCN1. The molecule has 0 aromatic rings. The molecule has 90 valence electrons. The molecule has 3 nitrogen and oxygen atoms in total. The van der Waals surface area contributed by atoms with Crippen molar-refractivity contribution in [2.45, 2.75) is 33.2 Å². The molecular formula is C12H26N2O. The van der Waals surface area contributed by atoms with Crippen LogP contribution >= 0.6 is 0 Å². The van der Waals surface area contributed by atoms with E-state index in [0.29, 0.717) is 6.04 Å². The molecule has 0 amide bonds. The van der Waals surface area contributed by atoms with E-state index in [-0.39, 0.29) is 0 Å². The van der Waals surface area contributed by atoms with Crippen molar-refractivity contribution in [3.63, 3.8) is 0 Å². The van der Waals surface area contributed by atoms with Crippen molar-refractivity contribution in [3.8, 4) is 0 Å². The molecule has 2 atom stereocenters. The van der Waals surface area contributed by atoms with E-state index in [1.165, 1.54) is 13.0 Å². The van der Waals surface area contributed by atoms with Gasteiger partial charge in [-0.25, -0.2) is 0 Å². The smallest absolute Gasteiger partial charge is 0.0632 e. The van der Waals surface area contributed by atoms with Crippen LogP contribution in [0.25, 0.3) is 0 Å². The molecule has 0 aliphatic carbocycles. The first-order valence-corrected chi connectivity index (χ1v) is 6.29. The van der Waals surface area contributed by atoms with Gasteiger partial charge in [0.2, 0.25) is 0 Å². The molecule has 0 bridgehead atoms. The summed E-state index contributed by atoms with van der Waals surface area (Å²) in [5.74, 6) is 0.800. The van der Waals surface area contributed by atoms with Crippen molar-refractivity contribution in [2.24, 2.45) is 5.92 Å². The first kappa shape index (κ1) is 12.9. The summed E-state index contributed by atoms with van der Waals surface area (Å²) >= 11 is 0. The van der Waals surface area contributed by atoms with E-state index in [1.54, 1.807) is 0 Å². The molecule has 3 heteroatoms. The van der Waals surface area contributed by atoms with Crippen LogP contribution in [0, 0.1) is 5.92 Å². The summed E-state index contributed by atoms with van der Waals surface area (Å²) in [4.78, 5) is 2.53. The fraction of sp³-hybridized carbons (Fsp3) is 1.00. The summed E-state index contributed by atoms with van der Waals surface area (Å²) < 4.78 is 5.47. The third-order valence-electron chi connectivity index (χ3n) is 3.19. The molecular weight excluding hydrogens is 188 g/mol. The van der Waals surface area contributed by atoms with Crippen LogP contribution in [0.15, 0.2) is 0 Å². The third-order valence-corrected chi connectivity index (χ3v) is 3.19. The molecule has 1 aliphatic heterocycles. The van der Waals surface area contributed by atoms with Gasteiger partial charge in [-0.2, -0.15) is 0 Å². The minimum atomic E-state index is 0.530. The quantitative estimate of drug-likeness (QED) is 0.722. The van der Waals surface area contributed by atoms with E-state index >= 15 is 0 Å². The first-order valence-electron chi connectivity index (χ1n) is 6.29. The fourth-order valence-electron chi connectivity index (χ4n) is 1.95. The molecule has 1 N–H and O–H groups in total. The molecule has 0 spiro atoms. The number of hydrogen-bond acceptors (Lipinski definition) is 3. The van der Waals surface area contributed by atoms with Crippen molar-refractivity contribution in [1.29, 1.82) is 0 Å². The highest BCUT2D eigenvalue weighted by Gasteiger charge is 2.16. The highest BCUT2D eigenvalue weighted by atomic mass is 16.5. The first-order chi connectivity index (χ1) is 7.26. The van der Waals surface area contributed by atoms with Crippen LogP contribution in [0.1, 0.15) is 27.2 Å². The lowest BCUT2D eigenvalue weighted by atomic mass is 10.1. The molecule has 0 radical (unpaired) electrons. The maximum Gasteiger partial charge on any atom is 0.0632 e. The lowest BCUT2D eigenvalue weighted by molar-refractivity contribution is 0.0605. The van der Waals surface area contributed by atoms with Gasteiger partial charge in [0, 0.05) is 25.7 Å². The van der Waals surface area contributed by atoms with Crippen LogP contribution in [0.2, 0.25) is 0 Å². The zero-order valence-electron chi connectivity index (χ0n) is 10.5. The van der Waals surface area contributed by atoms with Crippen molar-refractivity contribution in [1.82, 2.24) is 10.2 Å². The van der Waals surface area contributed by atoms with Crippen molar-refractivity contribution in [2.75, 3.05) is 39.4 Å². The Morgan fingerprint density at radius 2 is 2.27 bits per heavy atom. The minimum absolute atomic E-state index is 0.530. The third kappa shape index (κ3) is 4.96. The van der Waals surface area contributed by atoms with Gasteiger partial charge in [-0.1, -0.05) is 27.2 Å². The molecule has 0 aromatic heterocycles. The topological polar surface area (TPSA) is 24.5 Å². The maximum absolute atomic E-state index is 5.47. The second kappa shape index (κ2) is 7.20. The molecule has 2 unspecified atom stereocenters. The largest absolute Gasteiger partial charge is 0.378 e. The Morgan fingerprint density at radius 1 is 1.47 bits per heavy atom. The number of morpholine rings is 1. The Morgan fingerprint density at radius 3 is 2.80 bits per heavy atom. The van der Waals surface area contributed by atoms with E-state index in [9.17, 15) is 0 Å². The van der Waals surface area contributed by atoms with E-state index in [0.717, 1.165) is 38.8 Å². The molecule has 1 rings (SSSR count). The fourth-order valence-corrected chi connectivity index (χ4v) is 1.95. The van der Waals surface area contributed by atoms with E-state index < -0.39 is 0 Å². The predicted molar refractivity (Wildman–Crippen MR) is 64.2 cm³/mol. The summed E-state index contributed by atoms with van der Waals surface area (Å²) in [6.07, 6.45) is 1.27. The average Bonchev–Trinajstić information content (AvgIpc) is 2.29. The number of nitrogens with one attached hydrogen (secondary N) is 1. The Hall–Kier alpha value is -0.120. The van der Waals surface area contributed by atoms with Crippen molar-refractivity contribution < 1.29 is 4.74 Å². The number of nitrogens with zero attached hydrogens (tertiary/aromatic N) is 1. The van der Waals surface area contributed by atoms with Crippen molar-refractivity contribution in [3.05, 3.63) is 0 Å². The predicted octanol–water partition coefficient (Wildman–Crippen LogP) is 1.34. The summed E-state index contributed by atoms with van der Waals surface area (Å²) in [5, 5.41) is 3.51. The Labute approximate surface area is 94.2 Å². The zero-order chi connectivity index (χ0) is 11.1. The van der Waals surface area contributed by atoms with Crippen LogP contribution in [-0.2, 0) is 4.74 Å². The van der Waals surface area contributed by atoms with Gasteiger partial charge in [-0.3, -0.25) is 0 Å². The van der Waals surface area contributed by atoms with E-state index in [2.05, 4.69) is 31.0 Å². The number of hydrogen-bond donors (Lipinski definition) is 1. The van der Waals surface area contributed by atoms with Crippen LogP contribution in [-0.4, -0.2) is 50.3 Å². The van der Waals surface area contributed by atoms with Crippen LogP contribution in [0.3, 0.4) is 0 Å². The van der Waals surface area contributed by atoms with Crippen LogP contribution in [0.5, 0.6) is 0 Å². The highest BCUT2D eigenvalue weighted by molar-refractivity contribution is 4.75. The maximum atomic E-state index is 5.47. The average molecular weight is 214 g/mol. The molecule has 1 heterocycles. The van der Waals surface area contributed by atoms with Gasteiger partial charge in [0.1, 0.15) is 0 Å². The molecule has 0 saturated carbocycles. The van der Waals surface area contributed by atoms with Crippen LogP contribution < -0.4 is 5.32 Å². The standard InChI is InChI=1S/C12H26N2O/c1-4-11(3)8-14(5-2)9-12-10-15-7-6-13-12/h11-13H,4-10H2,1-3H3. The van der Waals surface area contributed by atoms with Crippen molar-refractivity contribution >= 4 is 0 Å². The number of ether oxygens (including phenoxy) is 1. The van der Waals surface area contributed by atoms with E-state index in [1.807, 2.05) is 0 Å². The number of rotatable bonds is 6. The van der Waals surface area contributed by atoms with Gasteiger partial charge in [-0.05, 0) is 12.5 Å². The van der Waals surface area contributed by atoms with Gasteiger partial charge in [0.25, 0.3) is 0 Å². The van der Waals surface area contributed by atoms with Gasteiger partial charge >= 0.3 is 0 Å². The minimum Gasteiger partial charge on any atom is -0.378 e. The monoisotopic (exact) mass is 214 g/mol. The van der Waals surface area contributed by atoms with Gasteiger partial charge < -0.3 is 15.0 Å². The lowest BCUT2D eigenvalue weighted by Gasteiger charge is -2.31. The second-order valence-electron chi connectivity index (χ2n) is 4.59. The normalized spacial score (nSPS) is 24.4. The Balaban J connectivity index is 2.25. The summed E-state index contributed by atoms with van der Waals surface area (Å²) in [6, 6.07) is 0.530. The molecule has 1 saturated heterocycles. The highest BCUT2D eigenvalue weighted by Crippen LogP contribution is 2.05. The van der Waals surface area contributed by atoms with E-state index in [4.69, 9.17) is 4.74 Å². The summed E-state index contributed by atoms with van der Waals surface area (Å²) in [6.45, 7) is 13.1. The Kier molecular flexibility index (Phi) is 6.22. The van der Waals surface area contributed by atoms with Gasteiger partial charge in [0.05, 0.1) is 13.2 Å². The van der Waals surface area contributed by atoms with Gasteiger partial charge in [0.15, 0.2) is 0 Å². The number of likely N-dealkylation sites (N-methyl/N-ethyl adjacent to an activating group) is 1. The molecule has 1 fully saturated rings.